The van der Waals surface area contributed by atoms with Gasteiger partial charge in [0.25, 0.3) is 5.91 Å². The summed E-state index contributed by atoms with van der Waals surface area (Å²) in [6, 6.07) is 2.12. The first-order chi connectivity index (χ1) is 7.41. The highest BCUT2D eigenvalue weighted by Crippen LogP contribution is 2.14. The predicted octanol–water partition coefficient (Wildman–Crippen LogP) is -0.0792. The number of anilines is 1. The van der Waals surface area contributed by atoms with E-state index < -0.39 is 17.9 Å². The third-order valence-electron chi connectivity index (χ3n) is 1.86. The lowest BCUT2D eigenvalue weighted by Crippen LogP contribution is -2.42. The lowest BCUT2D eigenvalue weighted by molar-refractivity contribution is -0.119. The summed E-state index contributed by atoms with van der Waals surface area (Å²) in [4.78, 5) is 26.1. The molecule has 1 aromatic heterocycles. The number of hydrogen-bond donors (Lipinski definition) is 3. The highest BCUT2D eigenvalue weighted by Gasteiger charge is 2.17. The molecule has 1 atom stereocenters. The average molecular weight is 243 g/mol. The molecule has 0 aliphatic carbocycles. The normalized spacial score (nSPS) is 11.9. The summed E-state index contributed by atoms with van der Waals surface area (Å²) < 4.78 is 0. The molecule has 0 spiro atoms. The lowest BCUT2D eigenvalue weighted by atomic mass is 10.2. The molecule has 0 saturated carbocycles. The number of carbonyl (C=O) groups is 2. The van der Waals surface area contributed by atoms with E-state index in [1.807, 2.05) is 0 Å². The van der Waals surface area contributed by atoms with Crippen molar-refractivity contribution in [2.24, 2.45) is 5.73 Å². The highest BCUT2D eigenvalue weighted by molar-refractivity contribution is 6.33. The molecule has 1 aromatic rings. The van der Waals surface area contributed by atoms with E-state index in [2.05, 4.69) is 10.3 Å². The molecular formula is C9H11ClN4O2. The van der Waals surface area contributed by atoms with Crippen molar-refractivity contribution in [3.8, 4) is 0 Å². The first-order valence-electron chi connectivity index (χ1n) is 4.44. The van der Waals surface area contributed by atoms with Gasteiger partial charge in [0.1, 0.15) is 17.6 Å². The Morgan fingerprint density at radius 3 is 2.69 bits per heavy atom. The van der Waals surface area contributed by atoms with E-state index in [1.54, 1.807) is 0 Å². The van der Waals surface area contributed by atoms with Crippen LogP contribution < -0.4 is 16.8 Å². The Balaban J connectivity index is 2.88. The van der Waals surface area contributed by atoms with Crippen molar-refractivity contribution in [2.75, 3.05) is 5.73 Å². The van der Waals surface area contributed by atoms with Crippen molar-refractivity contribution >= 4 is 29.2 Å². The molecule has 2 amide bonds. The van der Waals surface area contributed by atoms with Gasteiger partial charge in [-0.15, -0.1) is 0 Å². The number of nitrogens with one attached hydrogen (secondary N) is 1. The number of pyridine rings is 1. The minimum atomic E-state index is -0.799. The van der Waals surface area contributed by atoms with E-state index in [0.717, 1.165) is 0 Å². The van der Waals surface area contributed by atoms with Crippen LogP contribution in [0.15, 0.2) is 12.1 Å². The standard InChI is InChI=1S/C9H11ClN4O2/c1-4(8(12)15)13-9(16)7-5(10)2-3-6(11)14-7/h2-4H,1H3,(H2,11,14)(H2,12,15)(H,13,16). The molecule has 16 heavy (non-hydrogen) atoms. The van der Waals surface area contributed by atoms with Crippen molar-refractivity contribution in [2.45, 2.75) is 13.0 Å². The second kappa shape index (κ2) is 4.80. The largest absolute Gasteiger partial charge is 0.384 e. The van der Waals surface area contributed by atoms with Crippen molar-refractivity contribution < 1.29 is 9.59 Å². The van der Waals surface area contributed by atoms with Gasteiger partial charge in [-0.25, -0.2) is 4.98 Å². The molecule has 1 rings (SSSR count). The van der Waals surface area contributed by atoms with Gasteiger partial charge >= 0.3 is 0 Å². The number of primary amides is 1. The number of aromatic nitrogens is 1. The fourth-order valence-electron chi connectivity index (χ4n) is 0.953. The van der Waals surface area contributed by atoms with Gasteiger partial charge in [-0.05, 0) is 19.1 Å². The average Bonchev–Trinajstić information content (AvgIpc) is 2.21. The van der Waals surface area contributed by atoms with E-state index >= 15 is 0 Å². The monoisotopic (exact) mass is 242 g/mol. The summed E-state index contributed by atoms with van der Waals surface area (Å²) in [5.41, 5.74) is 10.4. The third-order valence-corrected chi connectivity index (χ3v) is 2.16. The Kier molecular flexibility index (Phi) is 3.68. The molecule has 0 radical (unpaired) electrons. The zero-order valence-electron chi connectivity index (χ0n) is 8.53. The van der Waals surface area contributed by atoms with Gasteiger partial charge in [0, 0.05) is 0 Å². The van der Waals surface area contributed by atoms with E-state index in [1.165, 1.54) is 19.1 Å². The molecule has 0 aliphatic rings. The van der Waals surface area contributed by atoms with Crippen LogP contribution in [0.25, 0.3) is 0 Å². The number of halogens is 1. The summed E-state index contributed by atoms with van der Waals surface area (Å²) in [5, 5.41) is 2.50. The Morgan fingerprint density at radius 1 is 1.50 bits per heavy atom. The molecule has 5 N–H and O–H groups in total. The number of rotatable bonds is 3. The van der Waals surface area contributed by atoms with Crippen molar-refractivity contribution in [3.05, 3.63) is 22.8 Å². The topological polar surface area (TPSA) is 111 Å². The van der Waals surface area contributed by atoms with Crippen LogP contribution in [0.3, 0.4) is 0 Å². The Bertz CT molecular complexity index is 436. The second-order valence-corrected chi connectivity index (χ2v) is 3.57. The second-order valence-electron chi connectivity index (χ2n) is 3.16. The van der Waals surface area contributed by atoms with Crippen molar-refractivity contribution in [1.82, 2.24) is 10.3 Å². The minimum Gasteiger partial charge on any atom is -0.384 e. The molecule has 0 aromatic carbocycles. The fourth-order valence-corrected chi connectivity index (χ4v) is 1.14. The number of amides is 2. The molecular weight excluding hydrogens is 232 g/mol. The number of nitrogens with zero attached hydrogens (tertiary/aromatic N) is 1. The van der Waals surface area contributed by atoms with E-state index in [-0.39, 0.29) is 16.5 Å². The Hall–Kier alpha value is -1.82. The minimum absolute atomic E-state index is 0.0326. The molecule has 86 valence electrons. The van der Waals surface area contributed by atoms with Crippen LogP contribution in [0.4, 0.5) is 5.82 Å². The van der Waals surface area contributed by atoms with Crippen LogP contribution in [0.5, 0.6) is 0 Å². The zero-order valence-corrected chi connectivity index (χ0v) is 9.28. The molecule has 0 fully saturated rings. The van der Waals surface area contributed by atoms with E-state index in [0.29, 0.717) is 0 Å². The van der Waals surface area contributed by atoms with Crippen LogP contribution >= 0.6 is 11.6 Å². The summed E-state index contributed by atoms with van der Waals surface area (Å²) in [5.74, 6) is -1.07. The summed E-state index contributed by atoms with van der Waals surface area (Å²) >= 11 is 5.76. The summed E-state index contributed by atoms with van der Waals surface area (Å²) in [6.07, 6.45) is 0. The lowest BCUT2D eigenvalue weighted by Gasteiger charge is -2.10. The van der Waals surface area contributed by atoms with Gasteiger partial charge in [-0.2, -0.15) is 0 Å². The van der Waals surface area contributed by atoms with Gasteiger partial charge in [-0.3, -0.25) is 9.59 Å². The van der Waals surface area contributed by atoms with E-state index in [4.69, 9.17) is 23.1 Å². The SMILES string of the molecule is CC(NC(=O)c1nc(N)ccc1Cl)C(N)=O. The van der Waals surface area contributed by atoms with Crippen molar-refractivity contribution in [1.29, 1.82) is 0 Å². The Labute approximate surface area is 97.0 Å². The Morgan fingerprint density at radius 2 is 2.12 bits per heavy atom. The zero-order chi connectivity index (χ0) is 12.3. The summed E-state index contributed by atoms with van der Waals surface area (Å²) in [7, 11) is 0. The maximum absolute atomic E-state index is 11.6. The number of nitrogen functional groups attached to an aromatic ring is 1. The third kappa shape index (κ3) is 2.83. The smallest absolute Gasteiger partial charge is 0.272 e. The first-order valence-corrected chi connectivity index (χ1v) is 4.82. The maximum atomic E-state index is 11.6. The molecule has 1 heterocycles. The van der Waals surface area contributed by atoms with Crippen LogP contribution in [0, 0.1) is 0 Å². The maximum Gasteiger partial charge on any atom is 0.272 e. The van der Waals surface area contributed by atoms with Gasteiger partial charge in [0.05, 0.1) is 5.02 Å². The predicted molar refractivity (Wildman–Crippen MR) is 59.8 cm³/mol. The van der Waals surface area contributed by atoms with Gasteiger partial charge < -0.3 is 16.8 Å². The van der Waals surface area contributed by atoms with Gasteiger partial charge in [0.15, 0.2) is 0 Å². The fraction of sp³-hybridized carbons (Fsp3) is 0.222. The highest BCUT2D eigenvalue weighted by atomic mass is 35.5. The quantitative estimate of drug-likeness (QED) is 0.688. The number of hydrogen-bond acceptors (Lipinski definition) is 4. The molecule has 0 saturated heterocycles. The number of nitrogens with two attached hydrogens (primary N) is 2. The summed E-state index contributed by atoms with van der Waals surface area (Å²) in [6.45, 7) is 1.46. The van der Waals surface area contributed by atoms with E-state index in [9.17, 15) is 9.59 Å². The van der Waals surface area contributed by atoms with Crippen LogP contribution in [0.1, 0.15) is 17.4 Å². The van der Waals surface area contributed by atoms with Gasteiger partial charge in [0.2, 0.25) is 5.91 Å². The molecule has 7 heteroatoms. The molecule has 6 nitrogen and oxygen atoms in total. The first kappa shape index (κ1) is 12.3. The molecule has 1 unspecified atom stereocenters. The molecule has 0 aliphatic heterocycles. The van der Waals surface area contributed by atoms with Crippen LogP contribution in [-0.2, 0) is 4.79 Å². The molecule has 0 bridgehead atoms. The van der Waals surface area contributed by atoms with Crippen molar-refractivity contribution in [3.63, 3.8) is 0 Å². The number of carbonyl (C=O) groups excluding carboxylic acids is 2. The van der Waals surface area contributed by atoms with Crippen LogP contribution in [-0.4, -0.2) is 22.8 Å². The van der Waals surface area contributed by atoms with Crippen LogP contribution in [0.2, 0.25) is 5.02 Å². The van der Waals surface area contributed by atoms with Gasteiger partial charge in [-0.1, -0.05) is 11.6 Å².